The van der Waals surface area contributed by atoms with Crippen molar-refractivity contribution in [1.82, 2.24) is 9.80 Å². The van der Waals surface area contributed by atoms with Crippen LogP contribution < -0.4 is 18.9 Å². The van der Waals surface area contributed by atoms with Crippen molar-refractivity contribution in [3.63, 3.8) is 0 Å². The average molecular weight is 716 g/mol. The van der Waals surface area contributed by atoms with Crippen molar-refractivity contribution in [3.05, 3.63) is 76.8 Å². The second-order valence-electron chi connectivity index (χ2n) is 13.0. The Morgan fingerprint density at radius 3 is 2.51 bits per heavy atom. The van der Waals surface area contributed by atoms with Gasteiger partial charge in [0.05, 0.1) is 35.3 Å². The van der Waals surface area contributed by atoms with Gasteiger partial charge in [0.25, 0.3) is 15.9 Å². The maximum absolute atomic E-state index is 14.4. The molecule has 0 spiro atoms. The molecule has 2 heterocycles. The number of carbonyl (C=O) groups is 1. The van der Waals surface area contributed by atoms with Crippen LogP contribution in [0.1, 0.15) is 56.0 Å². The Bertz CT molecular complexity index is 1690. The van der Waals surface area contributed by atoms with Gasteiger partial charge in [0.2, 0.25) is 6.79 Å². The molecule has 0 unspecified atom stereocenters. The molecule has 0 aromatic heterocycles. The minimum absolute atomic E-state index is 0.0343. The first kappa shape index (κ1) is 36.7. The van der Waals surface area contributed by atoms with Gasteiger partial charge in [-0.3, -0.25) is 14.4 Å². The third-order valence-corrected chi connectivity index (χ3v) is 10.5. The molecule has 0 aliphatic carbocycles. The van der Waals surface area contributed by atoms with Gasteiger partial charge in [-0.1, -0.05) is 24.6 Å². The predicted octanol–water partition coefficient (Wildman–Crippen LogP) is 5.80. The third kappa shape index (κ3) is 9.58. The normalized spacial score (nSPS) is 21.1. The molecule has 2 aliphatic heterocycles. The number of hydrogen-bond donors (Lipinski definition) is 2. The van der Waals surface area contributed by atoms with Crippen LogP contribution in [-0.4, -0.2) is 87.6 Å². The number of carbonyl (C=O) groups excluding carboxylic acids is 1. The number of likely N-dealkylation sites (N-methyl/N-ethyl adjacent to an activating group) is 1. The number of amides is 1. The lowest BCUT2D eigenvalue weighted by Crippen LogP contribution is -2.47. The predicted molar refractivity (Wildman–Crippen MR) is 188 cm³/mol. The Labute approximate surface area is 294 Å². The summed E-state index contributed by atoms with van der Waals surface area (Å²) in [6, 6.07) is 15.9. The van der Waals surface area contributed by atoms with Crippen molar-refractivity contribution in [2.24, 2.45) is 5.92 Å². The van der Waals surface area contributed by atoms with Gasteiger partial charge in [-0.25, -0.2) is 8.42 Å². The van der Waals surface area contributed by atoms with Crippen molar-refractivity contribution in [2.75, 3.05) is 44.9 Å². The van der Waals surface area contributed by atoms with Crippen molar-refractivity contribution in [2.45, 2.75) is 69.7 Å². The SMILES string of the molecule is C[C@@H]1CCCCO[C@H](CN(C)Cc2ccc3c(c2)OCO3)[C@H](C)CN([C@H](C)CO)C(=O)c2cc(NS(=O)(=O)c3ccc(Cl)cc3)ccc2O1. The number of hydrogen-bond acceptors (Lipinski definition) is 9. The minimum Gasteiger partial charge on any atom is -0.490 e. The zero-order valence-corrected chi connectivity index (χ0v) is 30.0. The van der Waals surface area contributed by atoms with Crippen LogP contribution in [0.2, 0.25) is 5.02 Å². The van der Waals surface area contributed by atoms with Crippen molar-refractivity contribution >= 4 is 33.2 Å². The number of sulfonamides is 1. The largest absolute Gasteiger partial charge is 0.490 e. The molecule has 13 heteroatoms. The van der Waals surface area contributed by atoms with E-state index in [1.165, 1.54) is 30.3 Å². The Morgan fingerprint density at radius 2 is 1.76 bits per heavy atom. The Hall–Kier alpha value is -3.55. The van der Waals surface area contributed by atoms with Gasteiger partial charge in [0, 0.05) is 42.9 Å². The van der Waals surface area contributed by atoms with E-state index in [2.05, 4.69) is 9.62 Å². The van der Waals surface area contributed by atoms with Gasteiger partial charge >= 0.3 is 0 Å². The highest BCUT2D eigenvalue weighted by Gasteiger charge is 2.31. The molecule has 3 aromatic rings. The smallest absolute Gasteiger partial charge is 0.261 e. The van der Waals surface area contributed by atoms with Crippen molar-refractivity contribution in [1.29, 1.82) is 0 Å². The molecule has 5 rings (SSSR count). The molecule has 266 valence electrons. The number of fused-ring (bicyclic) bond motifs is 2. The summed E-state index contributed by atoms with van der Waals surface area (Å²) >= 11 is 5.96. The molecule has 0 bridgehead atoms. The lowest BCUT2D eigenvalue weighted by molar-refractivity contribution is -0.0177. The zero-order valence-electron chi connectivity index (χ0n) is 28.4. The summed E-state index contributed by atoms with van der Waals surface area (Å²) in [6.07, 6.45) is 2.02. The van der Waals surface area contributed by atoms with E-state index in [4.69, 9.17) is 30.5 Å². The fraction of sp³-hybridized carbons (Fsp3) is 0.472. The Balaban J connectivity index is 1.40. The minimum atomic E-state index is -3.97. The molecule has 4 atom stereocenters. The molecule has 1 amide bonds. The van der Waals surface area contributed by atoms with Crippen LogP contribution in [0.5, 0.6) is 17.2 Å². The lowest BCUT2D eigenvalue weighted by atomic mass is 10.0. The Kier molecular flexibility index (Phi) is 12.3. The van der Waals surface area contributed by atoms with Gasteiger partial charge in [0.15, 0.2) is 11.5 Å². The molecule has 0 saturated carbocycles. The maximum Gasteiger partial charge on any atom is 0.261 e. The molecule has 49 heavy (non-hydrogen) atoms. The fourth-order valence-corrected chi connectivity index (χ4v) is 7.17. The summed E-state index contributed by atoms with van der Waals surface area (Å²) in [6.45, 7) is 7.87. The molecule has 11 nitrogen and oxygen atoms in total. The molecule has 0 saturated heterocycles. The van der Waals surface area contributed by atoms with E-state index in [1.807, 2.05) is 39.1 Å². The van der Waals surface area contributed by atoms with E-state index in [0.717, 1.165) is 36.3 Å². The summed E-state index contributed by atoms with van der Waals surface area (Å²) in [7, 11) is -1.94. The molecular formula is C36H46ClN3O8S. The van der Waals surface area contributed by atoms with E-state index in [0.29, 0.717) is 37.0 Å². The Morgan fingerprint density at radius 1 is 1.02 bits per heavy atom. The lowest BCUT2D eigenvalue weighted by Gasteiger charge is -2.36. The number of benzene rings is 3. The topological polar surface area (TPSA) is 127 Å². The van der Waals surface area contributed by atoms with E-state index in [9.17, 15) is 18.3 Å². The monoisotopic (exact) mass is 715 g/mol. The van der Waals surface area contributed by atoms with E-state index in [1.54, 1.807) is 24.0 Å². The summed E-state index contributed by atoms with van der Waals surface area (Å²) in [5.41, 5.74) is 1.49. The van der Waals surface area contributed by atoms with Gasteiger partial charge in [-0.15, -0.1) is 0 Å². The molecule has 0 radical (unpaired) electrons. The second kappa shape index (κ2) is 16.4. The van der Waals surface area contributed by atoms with Crippen molar-refractivity contribution < 1.29 is 37.3 Å². The molecule has 0 fully saturated rings. The first-order valence-corrected chi connectivity index (χ1v) is 18.5. The van der Waals surface area contributed by atoms with Crippen LogP contribution in [0.4, 0.5) is 5.69 Å². The van der Waals surface area contributed by atoms with E-state index in [-0.39, 0.29) is 53.6 Å². The highest BCUT2D eigenvalue weighted by molar-refractivity contribution is 7.92. The van der Waals surface area contributed by atoms with Crippen LogP contribution in [0.15, 0.2) is 65.6 Å². The second-order valence-corrected chi connectivity index (χ2v) is 15.1. The summed E-state index contributed by atoms with van der Waals surface area (Å²) in [4.78, 5) is 18.3. The van der Waals surface area contributed by atoms with Gasteiger partial charge in [-0.2, -0.15) is 0 Å². The number of halogens is 1. The first-order chi connectivity index (χ1) is 23.4. The van der Waals surface area contributed by atoms with Gasteiger partial charge < -0.3 is 29.0 Å². The standard InChI is InChI=1S/C36H46ClN3O8S/c1-24-19-40(25(2)22-41)36(42)31-18-29(38-49(43,44)30-12-9-28(37)10-13-30)11-15-32(31)48-26(3)7-5-6-16-45-35(24)21-39(4)20-27-8-14-33-34(17-27)47-23-46-33/h8-15,17-18,24-26,35,38,41H,5-7,16,19-23H2,1-4H3/t24-,25-,26-,35-/m1/s1. The first-order valence-electron chi connectivity index (χ1n) is 16.6. The number of ether oxygens (including phenoxy) is 4. The number of aliphatic hydroxyl groups excluding tert-OH is 1. The van der Waals surface area contributed by atoms with Crippen LogP contribution >= 0.6 is 11.6 Å². The zero-order chi connectivity index (χ0) is 35.1. The summed E-state index contributed by atoms with van der Waals surface area (Å²) in [5, 5.41) is 10.7. The van der Waals surface area contributed by atoms with Gasteiger partial charge in [-0.05, 0) is 100 Å². The van der Waals surface area contributed by atoms with Crippen LogP contribution in [0.3, 0.4) is 0 Å². The van der Waals surface area contributed by atoms with Crippen LogP contribution in [0.25, 0.3) is 0 Å². The molecular weight excluding hydrogens is 670 g/mol. The summed E-state index contributed by atoms with van der Waals surface area (Å²) < 4.78 is 52.8. The molecule has 3 aromatic carbocycles. The number of nitrogens with one attached hydrogen (secondary N) is 1. The van der Waals surface area contributed by atoms with Crippen molar-refractivity contribution in [3.8, 4) is 17.2 Å². The fourth-order valence-electron chi connectivity index (χ4n) is 6.00. The van der Waals surface area contributed by atoms with E-state index >= 15 is 0 Å². The highest BCUT2D eigenvalue weighted by Crippen LogP contribution is 2.33. The number of nitrogens with zero attached hydrogens (tertiary/aromatic N) is 2. The average Bonchev–Trinajstić information content (AvgIpc) is 3.54. The van der Waals surface area contributed by atoms with Crippen LogP contribution in [0, 0.1) is 5.92 Å². The number of aliphatic hydroxyl groups is 1. The van der Waals surface area contributed by atoms with E-state index < -0.39 is 16.1 Å². The quantitative estimate of drug-likeness (QED) is 0.283. The summed E-state index contributed by atoms with van der Waals surface area (Å²) in [5.74, 6) is 1.33. The van der Waals surface area contributed by atoms with Gasteiger partial charge in [0.1, 0.15) is 5.75 Å². The third-order valence-electron chi connectivity index (χ3n) is 8.81. The number of rotatable bonds is 9. The maximum atomic E-state index is 14.4. The van der Waals surface area contributed by atoms with Crippen LogP contribution in [-0.2, 0) is 21.3 Å². The molecule has 2 N–H and O–H groups in total. The molecule has 2 aliphatic rings. The highest BCUT2D eigenvalue weighted by atomic mass is 35.5. The number of anilines is 1.